The first-order chi connectivity index (χ1) is 12.6. The third-order valence-electron chi connectivity index (χ3n) is 3.06. The molecule has 7 heteroatoms. The number of hydrogen-bond acceptors (Lipinski definition) is 6. The van der Waals surface area contributed by atoms with Crippen molar-refractivity contribution in [3.63, 3.8) is 0 Å². The summed E-state index contributed by atoms with van der Waals surface area (Å²) in [5.74, 6) is -0.490. The molecule has 0 unspecified atom stereocenters. The van der Waals surface area contributed by atoms with E-state index in [4.69, 9.17) is 0 Å². The van der Waals surface area contributed by atoms with E-state index >= 15 is 0 Å². The molecule has 0 fully saturated rings. The summed E-state index contributed by atoms with van der Waals surface area (Å²) in [7, 11) is 0. The fourth-order valence-corrected chi connectivity index (χ4v) is 1.15. The van der Waals surface area contributed by atoms with E-state index in [9.17, 15) is 28.8 Å². The summed E-state index contributed by atoms with van der Waals surface area (Å²) in [6.45, 7) is 10.4. The Hall–Kier alpha value is -1.84. The summed E-state index contributed by atoms with van der Waals surface area (Å²) in [5.41, 5.74) is 0. The van der Waals surface area contributed by atoms with E-state index in [-0.39, 0.29) is 52.1 Å². The molecule has 28 heavy (non-hydrogen) atoms. The predicted molar refractivity (Wildman–Crippen MR) is 110 cm³/mol. The van der Waals surface area contributed by atoms with Gasteiger partial charge >= 0.3 is 17.4 Å². The van der Waals surface area contributed by atoms with Gasteiger partial charge in [-0.3, -0.25) is 19.3 Å². The molecule has 0 saturated heterocycles. The number of carbonyl (C=O) groups excluding carboxylic acids is 6. The number of rotatable bonds is 12. The van der Waals surface area contributed by atoms with Crippen molar-refractivity contribution in [2.75, 3.05) is 0 Å². The van der Waals surface area contributed by atoms with Gasteiger partial charge in [0.2, 0.25) is 0 Å². The van der Waals surface area contributed by atoms with Crippen molar-refractivity contribution >= 4 is 52.1 Å². The quantitative estimate of drug-likeness (QED) is 0.279. The minimum Gasteiger partial charge on any atom is -0.334 e. The van der Waals surface area contributed by atoms with Gasteiger partial charge in [0.25, 0.3) is 0 Å². The third-order valence-corrected chi connectivity index (χ3v) is 3.06. The monoisotopic (exact) mass is 408 g/mol. The molecule has 0 aromatic rings. The molecular weight excluding hydrogens is 375 g/mol. The van der Waals surface area contributed by atoms with Crippen LogP contribution in [-0.2, 0) is 28.8 Å². The molecule has 0 aliphatic carbocycles. The first-order valence-corrected chi connectivity index (χ1v) is 9.32. The molecule has 0 atom stereocenters. The van der Waals surface area contributed by atoms with Crippen LogP contribution in [0.5, 0.6) is 0 Å². The van der Waals surface area contributed by atoms with E-state index in [2.05, 4.69) is 0 Å². The van der Waals surface area contributed by atoms with Crippen LogP contribution in [0.4, 0.5) is 0 Å². The molecule has 0 spiro atoms. The molecular formula is C21H33AlO6. The molecule has 0 aromatic heterocycles. The zero-order valence-corrected chi connectivity index (χ0v) is 19.2. The van der Waals surface area contributed by atoms with Gasteiger partial charge in [-0.25, -0.2) is 0 Å². The van der Waals surface area contributed by atoms with Crippen LogP contribution in [0.15, 0.2) is 0 Å². The van der Waals surface area contributed by atoms with Crippen molar-refractivity contribution in [3.8, 4) is 0 Å². The van der Waals surface area contributed by atoms with Gasteiger partial charge < -0.3 is 28.8 Å². The summed E-state index contributed by atoms with van der Waals surface area (Å²) < 4.78 is 0. The van der Waals surface area contributed by atoms with Crippen LogP contribution in [-0.4, -0.2) is 52.1 Å². The van der Waals surface area contributed by atoms with Crippen molar-refractivity contribution in [1.82, 2.24) is 0 Å². The molecule has 0 rings (SSSR count). The molecule has 0 radical (unpaired) electrons. The third kappa shape index (κ3) is 26.4. The Morgan fingerprint density at radius 1 is 0.393 bits per heavy atom. The van der Waals surface area contributed by atoms with E-state index in [1.165, 1.54) is 19.3 Å². The fraction of sp³-hybridized carbons (Fsp3) is 0.571. The van der Waals surface area contributed by atoms with Crippen LogP contribution in [0.1, 0.15) is 80.1 Å². The molecule has 0 N–H and O–H groups in total. The maximum absolute atomic E-state index is 10.5. The minimum atomic E-state index is -0.0816. The Morgan fingerprint density at radius 3 is 0.571 bits per heavy atom. The zero-order valence-electron chi connectivity index (χ0n) is 18.0. The summed E-state index contributed by atoms with van der Waals surface area (Å²) in [6.07, 6.45) is 6.03. The summed E-state index contributed by atoms with van der Waals surface area (Å²) in [6, 6.07) is 0. The largest absolute Gasteiger partial charge is 3.00 e. The van der Waals surface area contributed by atoms with Gasteiger partial charge in [0.1, 0.15) is 0 Å². The molecule has 0 aliphatic rings. The Kier molecular flexibility index (Phi) is 27.9. The smallest absolute Gasteiger partial charge is 0.334 e. The van der Waals surface area contributed by atoms with Crippen molar-refractivity contribution < 1.29 is 28.8 Å². The van der Waals surface area contributed by atoms with Crippen molar-refractivity contribution in [1.29, 1.82) is 0 Å². The Labute approximate surface area is 180 Å². The summed E-state index contributed by atoms with van der Waals surface area (Å²) in [5, 5.41) is 0. The van der Waals surface area contributed by atoms with Crippen molar-refractivity contribution in [2.45, 2.75) is 80.1 Å². The van der Waals surface area contributed by atoms with Gasteiger partial charge in [0.15, 0.2) is 0 Å². The molecule has 0 saturated carbocycles. The van der Waals surface area contributed by atoms with E-state index < -0.39 is 0 Å². The SMILES string of the molecule is CCC(=O)[CH-]C(=O)CC.CCC(=O)[CH-]C(=O)CC.CCC(=O)[CH-]C(=O)CC.[Al+3]. The topological polar surface area (TPSA) is 102 Å². The van der Waals surface area contributed by atoms with Gasteiger partial charge in [-0.05, 0) is 38.5 Å². The Bertz CT molecular complexity index is 384. The number of hydrogen-bond donors (Lipinski definition) is 0. The number of ketones is 6. The summed E-state index contributed by atoms with van der Waals surface area (Å²) in [4.78, 5) is 63.0. The van der Waals surface area contributed by atoms with E-state index in [0.29, 0.717) is 38.5 Å². The van der Waals surface area contributed by atoms with Gasteiger partial charge in [-0.15, -0.1) is 0 Å². The van der Waals surface area contributed by atoms with Crippen molar-refractivity contribution in [3.05, 3.63) is 19.3 Å². The first-order valence-electron chi connectivity index (χ1n) is 9.32. The van der Waals surface area contributed by atoms with Crippen LogP contribution in [0.25, 0.3) is 0 Å². The average Bonchev–Trinajstić information content (AvgIpc) is 2.67. The van der Waals surface area contributed by atoms with Gasteiger partial charge in [0.05, 0.1) is 0 Å². The Morgan fingerprint density at radius 2 is 0.500 bits per heavy atom. The standard InChI is InChI=1S/3C7H11O2.Al/c3*1-3-6(8)5-7(9)4-2;/h3*5H,3-4H2,1-2H3;/q3*-1;+3. The Balaban J connectivity index is -0.000000152. The molecule has 0 aliphatic heterocycles. The van der Waals surface area contributed by atoms with Gasteiger partial charge in [0, 0.05) is 34.7 Å². The second-order valence-corrected chi connectivity index (χ2v) is 5.35. The number of Topliss-reactive ketones (excluding diaryl/α,β-unsaturated/α-hetero) is 6. The first kappa shape index (κ1) is 33.7. The second-order valence-electron chi connectivity index (χ2n) is 5.35. The normalized spacial score (nSPS) is 8.36. The van der Waals surface area contributed by atoms with E-state index in [0.717, 1.165) is 0 Å². The van der Waals surface area contributed by atoms with Crippen LogP contribution in [0.3, 0.4) is 0 Å². The zero-order chi connectivity index (χ0) is 21.8. The number of carbonyl (C=O) groups is 6. The average molecular weight is 408 g/mol. The van der Waals surface area contributed by atoms with Crippen LogP contribution in [0, 0.1) is 19.3 Å². The van der Waals surface area contributed by atoms with E-state index in [1.54, 1.807) is 41.5 Å². The maximum Gasteiger partial charge on any atom is 3.00 e. The minimum absolute atomic E-state index is 0. The summed E-state index contributed by atoms with van der Waals surface area (Å²) >= 11 is 0. The predicted octanol–water partition coefficient (Wildman–Crippen LogP) is 3.07. The second kappa shape index (κ2) is 23.2. The van der Waals surface area contributed by atoms with Crippen molar-refractivity contribution in [2.24, 2.45) is 0 Å². The molecule has 0 amide bonds. The maximum atomic E-state index is 10.5. The fourth-order valence-electron chi connectivity index (χ4n) is 1.15. The van der Waals surface area contributed by atoms with E-state index in [1.807, 2.05) is 0 Å². The molecule has 0 aromatic carbocycles. The molecule has 0 heterocycles. The molecule has 156 valence electrons. The molecule has 0 bridgehead atoms. The van der Waals surface area contributed by atoms with Crippen LogP contribution < -0.4 is 0 Å². The van der Waals surface area contributed by atoms with Crippen LogP contribution in [0.2, 0.25) is 0 Å². The van der Waals surface area contributed by atoms with Gasteiger partial charge in [-0.2, -0.15) is 0 Å². The van der Waals surface area contributed by atoms with Gasteiger partial charge in [-0.1, -0.05) is 41.5 Å². The van der Waals surface area contributed by atoms with Crippen LogP contribution >= 0.6 is 0 Å². The molecule has 6 nitrogen and oxygen atoms in total.